The van der Waals surface area contributed by atoms with Crippen molar-refractivity contribution in [3.8, 4) is 0 Å². The number of aromatic nitrogens is 3. The Kier molecular flexibility index (Phi) is 6.16. The molecule has 1 aliphatic carbocycles. The van der Waals surface area contributed by atoms with E-state index in [1.807, 2.05) is 31.5 Å². The minimum absolute atomic E-state index is 0.469. The van der Waals surface area contributed by atoms with Crippen LogP contribution in [-0.4, -0.2) is 27.5 Å². The zero-order valence-electron chi connectivity index (χ0n) is 15.8. The van der Waals surface area contributed by atoms with Crippen LogP contribution in [0.25, 0.3) is 10.9 Å². The lowest BCUT2D eigenvalue weighted by Crippen LogP contribution is -2.29. The molecule has 2 N–H and O–H groups in total. The first-order chi connectivity index (χ1) is 13.6. The van der Waals surface area contributed by atoms with Crippen LogP contribution in [0.5, 0.6) is 0 Å². The number of nitrogens with one attached hydrogen (secondary N) is 2. The lowest BCUT2D eigenvalue weighted by atomic mass is 9.86. The van der Waals surface area contributed by atoms with Crippen molar-refractivity contribution in [2.24, 2.45) is 5.92 Å². The molecule has 28 heavy (non-hydrogen) atoms. The van der Waals surface area contributed by atoms with Crippen LogP contribution in [0, 0.1) is 16.4 Å². The van der Waals surface area contributed by atoms with E-state index in [1.165, 1.54) is 12.8 Å². The molecule has 1 fully saturated rings. The van der Waals surface area contributed by atoms with Crippen molar-refractivity contribution >= 4 is 56.9 Å². The maximum atomic E-state index is 6.33. The third-order valence-electron chi connectivity index (χ3n) is 5.27. The van der Waals surface area contributed by atoms with Gasteiger partial charge in [0, 0.05) is 33.9 Å². The minimum atomic E-state index is 0.469. The molecule has 7 heteroatoms. The largest absolute Gasteiger partial charge is 0.367 e. The zero-order chi connectivity index (χ0) is 19.5. The van der Waals surface area contributed by atoms with E-state index < -0.39 is 0 Å². The van der Waals surface area contributed by atoms with Gasteiger partial charge < -0.3 is 10.6 Å². The highest BCUT2D eigenvalue weighted by atomic mass is 127. The molecular formula is C21H23ClIN5. The van der Waals surface area contributed by atoms with Crippen molar-refractivity contribution in [3.05, 3.63) is 50.8 Å². The summed E-state index contributed by atoms with van der Waals surface area (Å²) in [6, 6.07) is 8.63. The molecule has 3 aromatic rings. The number of hydrogen-bond donors (Lipinski definition) is 2. The van der Waals surface area contributed by atoms with Gasteiger partial charge >= 0.3 is 0 Å². The minimum Gasteiger partial charge on any atom is -0.367 e. The first-order valence-electron chi connectivity index (χ1n) is 9.61. The van der Waals surface area contributed by atoms with E-state index in [2.05, 4.69) is 55.3 Å². The summed E-state index contributed by atoms with van der Waals surface area (Å²) in [6.45, 7) is 2.98. The molecule has 0 bridgehead atoms. The Bertz CT molecular complexity index is 955. The van der Waals surface area contributed by atoms with Gasteiger partial charge in [-0.15, -0.1) is 0 Å². The van der Waals surface area contributed by atoms with Gasteiger partial charge in [0.25, 0.3) is 0 Å². The summed E-state index contributed by atoms with van der Waals surface area (Å²) in [7, 11) is 0. The Balaban J connectivity index is 1.30. The molecule has 2 heterocycles. The van der Waals surface area contributed by atoms with Gasteiger partial charge in [0.15, 0.2) is 0 Å². The van der Waals surface area contributed by atoms with E-state index in [0.29, 0.717) is 12.0 Å². The first-order valence-corrected chi connectivity index (χ1v) is 11.1. The van der Waals surface area contributed by atoms with Crippen LogP contribution in [0.3, 0.4) is 0 Å². The highest BCUT2D eigenvalue weighted by molar-refractivity contribution is 14.1. The fourth-order valence-electron chi connectivity index (χ4n) is 3.76. The van der Waals surface area contributed by atoms with E-state index in [4.69, 9.17) is 16.6 Å². The molecule has 4 rings (SSSR count). The van der Waals surface area contributed by atoms with Crippen LogP contribution in [0.4, 0.5) is 11.8 Å². The molecule has 0 amide bonds. The molecule has 0 saturated heterocycles. The van der Waals surface area contributed by atoms with Gasteiger partial charge in [0.2, 0.25) is 5.95 Å². The zero-order valence-corrected chi connectivity index (χ0v) is 18.7. The Morgan fingerprint density at radius 2 is 1.86 bits per heavy atom. The van der Waals surface area contributed by atoms with Crippen molar-refractivity contribution in [2.45, 2.75) is 38.6 Å². The topological polar surface area (TPSA) is 62.7 Å². The number of aryl methyl sites for hydroxylation is 1. The quantitative estimate of drug-likeness (QED) is 0.436. The van der Waals surface area contributed by atoms with Crippen LogP contribution < -0.4 is 10.6 Å². The number of pyridine rings is 1. The second-order valence-corrected chi connectivity index (χ2v) is 9.13. The van der Waals surface area contributed by atoms with E-state index in [9.17, 15) is 0 Å². The summed E-state index contributed by atoms with van der Waals surface area (Å²) in [5, 5.41) is 8.75. The summed E-state index contributed by atoms with van der Waals surface area (Å²) in [6.07, 6.45) is 8.34. The fraction of sp³-hybridized carbons (Fsp3) is 0.381. The Labute approximate surface area is 183 Å². The van der Waals surface area contributed by atoms with Gasteiger partial charge in [0.05, 0.1) is 10.5 Å². The van der Waals surface area contributed by atoms with Crippen LogP contribution in [0.2, 0.25) is 5.02 Å². The molecular weight excluding hydrogens is 485 g/mol. The molecule has 146 valence electrons. The van der Waals surface area contributed by atoms with Gasteiger partial charge in [-0.2, -0.15) is 0 Å². The van der Waals surface area contributed by atoms with Gasteiger partial charge in [0.1, 0.15) is 5.82 Å². The number of nitrogens with zero attached hydrogens (tertiary/aromatic N) is 3. The second-order valence-electron chi connectivity index (χ2n) is 7.48. The van der Waals surface area contributed by atoms with E-state index in [0.717, 1.165) is 56.2 Å². The Hall–Kier alpha value is -1.67. The molecule has 0 atom stereocenters. The number of hydrogen-bond acceptors (Lipinski definition) is 5. The maximum Gasteiger partial charge on any atom is 0.222 e. The van der Waals surface area contributed by atoms with Crippen molar-refractivity contribution < 1.29 is 0 Å². The maximum absolute atomic E-state index is 6.33. The lowest BCUT2D eigenvalue weighted by molar-refractivity contribution is 0.350. The summed E-state index contributed by atoms with van der Waals surface area (Å²) < 4.78 is 1.05. The van der Waals surface area contributed by atoms with Crippen molar-refractivity contribution in [1.82, 2.24) is 15.0 Å². The molecule has 0 radical (unpaired) electrons. The van der Waals surface area contributed by atoms with Crippen LogP contribution in [0.1, 0.15) is 31.2 Å². The van der Waals surface area contributed by atoms with Crippen molar-refractivity contribution in [3.63, 3.8) is 0 Å². The molecule has 5 nitrogen and oxygen atoms in total. The number of fused-ring (bicyclic) bond motifs is 1. The van der Waals surface area contributed by atoms with Crippen molar-refractivity contribution in [1.29, 1.82) is 0 Å². The summed E-state index contributed by atoms with van der Waals surface area (Å²) in [5.74, 6) is 2.31. The number of benzene rings is 1. The van der Waals surface area contributed by atoms with Crippen LogP contribution >= 0.6 is 34.2 Å². The van der Waals surface area contributed by atoms with Crippen LogP contribution in [-0.2, 0) is 0 Å². The Morgan fingerprint density at radius 3 is 2.61 bits per heavy atom. The van der Waals surface area contributed by atoms with Crippen LogP contribution in [0.15, 0.2) is 36.7 Å². The highest BCUT2D eigenvalue weighted by Gasteiger charge is 2.21. The third kappa shape index (κ3) is 4.84. The van der Waals surface area contributed by atoms with Gasteiger partial charge in [-0.05, 0) is 90.9 Å². The SMILES string of the molecule is Cc1cc(Cl)c2ccc(NC3CCC(CNc4ncc(I)cn4)CC3)nc2c1. The molecule has 0 spiro atoms. The van der Waals surface area contributed by atoms with Crippen molar-refractivity contribution in [2.75, 3.05) is 17.2 Å². The number of halogens is 2. The summed E-state index contributed by atoms with van der Waals surface area (Å²) in [4.78, 5) is 13.4. The molecule has 2 aromatic heterocycles. The standard InChI is InChI=1S/C21H23ClIN5/c1-13-8-18(22)17-6-7-20(28-19(17)9-13)27-16-4-2-14(3-5-16)10-24-21-25-11-15(23)12-26-21/h6-9,11-12,14,16H,2-5,10H2,1H3,(H,27,28)(H,24,25,26). The molecule has 0 aliphatic heterocycles. The number of anilines is 2. The Morgan fingerprint density at radius 1 is 1.11 bits per heavy atom. The average Bonchev–Trinajstić information content (AvgIpc) is 2.68. The molecule has 1 aliphatic rings. The van der Waals surface area contributed by atoms with E-state index in [1.54, 1.807) is 0 Å². The van der Waals surface area contributed by atoms with Gasteiger partial charge in [-0.3, -0.25) is 0 Å². The predicted molar refractivity (Wildman–Crippen MR) is 124 cm³/mol. The van der Waals surface area contributed by atoms with Gasteiger partial charge in [-0.25, -0.2) is 15.0 Å². The average molecular weight is 508 g/mol. The summed E-state index contributed by atoms with van der Waals surface area (Å²) >= 11 is 8.54. The molecule has 1 saturated carbocycles. The predicted octanol–water partition coefficient (Wildman–Crippen LogP) is 5.67. The lowest BCUT2D eigenvalue weighted by Gasteiger charge is -2.29. The second kappa shape index (κ2) is 8.78. The van der Waals surface area contributed by atoms with Gasteiger partial charge in [-0.1, -0.05) is 11.6 Å². The first kappa shape index (κ1) is 19.6. The number of rotatable bonds is 5. The normalized spacial score (nSPS) is 19.5. The smallest absolute Gasteiger partial charge is 0.222 e. The highest BCUT2D eigenvalue weighted by Crippen LogP contribution is 2.29. The monoisotopic (exact) mass is 507 g/mol. The molecule has 1 aromatic carbocycles. The molecule has 0 unspecified atom stereocenters. The summed E-state index contributed by atoms with van der Waals surface area (Å²) in [5.41, 5.74) is 2.08. The van der Waals surface area contributed by atoms with E-state index >= 15 is 0 Å². The fourth-order valence-corrected chi connectivity index (χ4v) is 4.37. The third-order valence-corrected chi connectivity index (χ3v) is 6.14. The van der Waals surface area contributed by atoms with E-state index in [-0.39, 0.29) is 0 Å².